The van der Waals surface area contributed by atoms with Crippen LogP contribution in [0, 0.1) is 0 Å². The first kappa shape index (κ1) is 19.8. The standard InChI is InChI=1S/C24H28N2O2S/c1-3-26(24-13-7-9-18-8-4-5-12-23(18)24)22-15-14-20(17-22)19-10-6-11-21(16-19)25-29(2,27)28/h4-13,16,20,22,25H,3,14-15,17H2,1-2H3. The van der Waals surface area contributed by atoms with Gasteiger partial charge in [0.1, 0.15) is 0 Å². The Morgan fingerprint density at radius 2 is 1.76 bits per heavy atom. The fraction of sp³-hybridized carbons (Fsp3) is 0.333. The lowest BCUT2D eigenvalue weighted by Crippen LogP contribution is -2.33. The van der Waals surface area contributed by atoms with Gasteiger partial charge in [0.15, 0.2) is 0 Å². The Kier molecular flexibility index (Phi) is 5.50. The highest BCUT2D eigenvalue weighted by atomic mass is 32.2. The average molecular weight is 409 g/mol. The molecule has 0 aliphatic heterocycles. The Balaban J connectivity index is 1.56. The van der Waals surface area contributed by atoms with Crippen molar-refractivity contribution >= 4 is 32.2 Å². The van der Waals surface area contributed by atoms with Crippen molar-refractivity contribution in [1.82, 2.24) is 0 Å². The van der Waals surface area contributed by atoms with Gasteiger partial charge in [0.05, 0.1) is 6.26 Å². The van der Waals surface area contributed by atoms with E-state index in [0.29, 0.717) is 17.6 Å². The third-order valence-corrected chi connectivity index (χ3v) is 6.53. The van der Waals surface area contributed by atoms with Crippen LogP contribution in [0.5, 0.6) is 0 Å². The maximum atomic E-state index is 11.6. The first-order valence-corrected chi connectivity index (χ1v) is 12.2. The molecular weight excluding hydrogens is 380 g/mol. The van der Waals surface area contributed by atoms with E-state index in [4.69, 9.17) is 0 Å². The van der Waals surface area contributed by atoms with Crippen LogP contribution < -0.4 is 9.62 Å². The molecule has 1 saturated carbocycles. The molecule has 0 spiro atoms. The van der Waals surface area contributed by atoms with Crippen molar-refractivity contribution in [3.8, 4) is 0 Å². The van der Waals surface area contributed by atoms with Crippen LogP contribution in [0.4, 0.5) is 11.4 Å². The molecule has 0 bridgehead atoms. The number of rotatable bonds is 6. The molecule has 2 atom stereocenters. The van der Waals surface area contributed by atoms with Gasteiger partial charge >= 0.3 is 0 Å². The smallest absolute Gasteiger partial charge is 0.229 e. The Morgan fingerprint density at radius 1 is 1.00 bits per heavy atom. The van der Waals surface area contributed by atoms with Gasteiger partial charge in [-0.05, 0) is 61.3 Å². The second kappa shape index (κ2) is 8.07. The summed E-state index contributed by atoms with van der Waals surface area (Å²) < 4.78 is 25.7. The monoisotopic (exact) mass is 408 g/mol. The summed E-state index contributed by atoms with van der Waals surface area (Å²) in [6.45, 7) is 3.20. The lowest BCUT2D eigenvalue weighted by molar-refractivity contribution is 0.606. The normalized spacial score (nSPS) is 19.4. The molecule has 29 heavy (non-hydrogen) atoms. The third kappa shape index (κ3) is 4.40. The number of nitrogens with zero attached hydrogens (tertiary/aromatic N) is 1. The molecule has 152 valence electrons. The van der Waals surface area contributed by atoms with Crippen molar-refractivity contribution in [1.29, 1.82) is 0 Å². The summed E-state index contributed by atoms with van der Waals surface area (Å²) in [5.74, 6) is 0.449. The highest BCUT2D eigenvalue weighted by Crippen LogP contribution is 2.40. The number of benzene rings is 3. The van der Waals surface area contributed by atoms with E-state index in [9.17, 15) is 8.42 Å². The minimum absolute atomic E-state index is 0.449. The SMILES string of the molecule is CCN(c1cccc2ccccc12)C1CCC(c2cccc(NS(C)(=O)=O)c2)C1. The number of sulfonamides is 1. The van der Waals surface area contributed by atoms with E-state index in [1.807, 2.05) is 18.2 Å². The van der Waals surface area contributed by atoms with Gasteiger partial charge in [-0.15, -0.1) is 0 Å². The van der Waals surface area contributed by atoms with Gasteiger partial charge in [0.2, 0.25) is 10.0 Å². The minimum Gasteiger partial charge on any atom is -0.368 e. The second-order valence-electron chi connectivity index (χ2n) is 7.95. The molecule has 0 aromatic heterocycles. The first-order chi connectivity index (χ1) is 13.9. The van der Waals surface area contributed by atoms with Crippen molar-refractivity contribution in [2.75, 3.05) is 22.4 Å². The van der Waals surface area contributed by atoms with Crippen LogP contribution in [0.25, 0.3) is 10.8 Å². The maximum absolute atomic E-state index is 11.6. The fourth-order valence-corrected chi connectivity index (χ4v) is 5.25. The maximum Gasteiger partial charge on any atom is 0.229 e. The molecule has 3 aromatic carbocycles. The zero-order chi connectivity index (χ0) is 20.4. The van der Waals surface area contributed by atoms with Crippen LogP contribution in [0.1, 0.15) is 37.7 Å². The molecular formula is C24H28N2O2S. The van der Waals surface area contributed by atoms with Crippen molar-refractivity contribution < 1.29 is 8.42 Å². The first-order valence-electron chi connectivity index (χ1n) is 10.3. The average Bonchev–Trinajstić information content (AvgIpc) is 3.18. The second-order valence-corrected chi connectivity index (χ2v) is 9.70. The van der Waals surface area contributed by atoms with Gasteiger partial charge in [-0.25, -0.2) is 8.42 Å². The van der Waals surface area contributed by atoms with E-state index in [2.05, 4.69) is 65.1 Å². The van der Waals surface area contributed by atoms with E-state index in [0.717, 1.165) is 25.8 Å². The van der Waals surface area contributed by atoms with E-state index in [-0.39, 0.29) is 0 Å². The Hall–Kier alpha value is -2.53. The van der Waals surface area contributed by atoms with Crippen LogP contribution in [0.15, 0.2) is 66.7 Å². The van der Waals surface area contributed by atoms with Crippen LogP contribution >= 0.6 is 0 Å². The summed E-state index contributed by atoms with van der Waals surface area (Å²) >= 11 is 0. The topological polar surface area (TPSA) is 49.4 Å². The van der Waals surface area contributed by atoms with Gasteiger partial charge in [-0.2, -0.15) is 0 Å². The quantitative estimate of drug-likeness (QED) is 0.596. The number of nitrogens with one attached hydrogen (secondary N) is 1. The molecule has 0 heterocycles. The van der Waals surface area contributed by atoms with Crippen LogP contribution in [-0.2, 0) is 10.0 Å². The Morgan fingerprint density at radius 3 is 2.55 bits per heavy atom. The molecule has 1 N–H and O–H groups in total. The molecule has 5 heteroatoms. The van der Waals surface area contributed by atoms with Gasteiger partial charge in [0, 0.05) is 29.3 Å². The van der Waals surface area contributed by atoms with Crippen LogP contribution in [0.2, 0.25) is 0 Å². The molecule has 4 rings (SSSR count). The molecule has 1 aliphatic carbocycles. The molecule has 0 amide bonds. The fourth-order valence-electron chi connectivity index (χ4n) is 4.70. The zero-order valence-corrected chi connectivity index (χ0v) is 17.8. The van der Waals surface area contributed by atoms with Gasteiger partial charge in [0.25, 0.3) is 0 Å². The van der Waals surface area contributed by atoms with E-state index in [1.54, 1.807) is 0 Å². The molecule has 1 aliphatic rings. The Labute approximate surface area is 173 Å². The summed E-state index contributed by atoms with van der Waals surface area (Å²) in [4.78, 5) is 2.54. The van der Waals surface area contributed by atoms with Gasteiger partial charge < -0.3 is 4.90 Å². The van der Waals surface area contributed by atoms with Crippen molar-refractivity contribution in [2.45, 2.75) is 38.1 Å². The van der Waals surface area contributed by atoms with Gasteiger partial charge in [-0.3, -0.25) is 4.72 Å². The summed E-state index contributed by atoms with van der Waals surface area (Å²) in [5.41, 5.74) is 3.17. The van der Waals surface area contributed by atoms with Crippen molar-refractivity contribution in [2.24, 2.45) is 0 Å². The predicted octanol–water partition coefficient (Wildman–Crippen LogP) is 5.37. The molecule has 1 fully saturated rings. The summed E-state index contributed by atoms with van der Waals surface area (Å²) in [6, 6.07) is 23.5. The number of hydrogen-bond acceptors (Lipinski definition) is 3. The molecule has 4 nitrogen and oxygen atoms in total. The zero-order valence-electron chi connectivity index (χ0n) is 17.0. The van der Waals surface area contributed by atoms with Crippen LogP contribution in [0.3, 0.4) is 0 Å². The minimum atomic E-state index is -3.26. The number of fused-ring (bicyclic) bond motifs is 1. The molecule has 2 unspecified atom stereocenters. The lowest BCUT2D eigenvalue weighted by Gasteiger charge is -2.31. The lowest BCUT2D eigenvalue weighted by atomic mass is 9.96. The highest BCUT2D eigenvalue weighted by molar-refractivity contribution is 7.92. The molecule has 0 radical (unpaired) electrons. The summed E-state index contributed by atoms with van der Waals surface area (Å²) in [7, 11) is -3.26. The Bertz CT molecular complexity index is 1110. The van der Waals surface area contributed by atoms with Crippen molar-refractivity contribution in [3.05, 3.63) is 72.3 Å². The van der Waals surface area contributed by atoms with Crippen molar-refractivity contribution in [3.63, 3.8) is 0 Å². The number of hydrogen-bond donors (Lipinski definition) is 1. The van der Waals surface area contributed by atoms with Crippen LogP contribution in [-0.4, -0.2) is 27.3 Å². The summed E-state index contributed by atoms with van der Waals surface area (Å²) in [6.07, 6.45) is 4.54. The summed E-state index contributed by atoms with van der Waals surface area (Å²) in [5, 5.41) is 2.58. The van der Waals surface area contributed by atoms with E-state index < -0.39 is 10.0 Å². The number of anilines is 2. The largest absolute Gasteiger partial charge is 0.368 e. The van der Waals surface area contributed by atoms with E-state index in [1.165, 1.54) is 28.3 Å². The highest BCUT2D eigenvalue weighted by Gasteiger charge is 2.30. The third-order valence-electron chi connectivity index (χ3n) is 5.92. The van der Waals surface area contributed by atoms with Gasteiger partial charge in [-0.1, -0.05) is 48.5 Å². The van der Waals surface area contributed by atoms with E-state index >= 15 is 0 Å². The predicted molar refractivity (Wildman–Crippen MR) is 122 cm³/mol. The molecule has 0 saturated heterocycles. The molecule has 3 aromatic rings.